The second-order valence-electron chi connectivity index (χ2n) is 3.39. The van der Waals surface area contributed by atoms with E-state index in [1.807, 2.05) is 13.8 Å². The maximum Gasteiger partial charge on any atom is -0.0443 e. The van der Waals surface area contributed by atoms with Crippen molar-refractivity contribution in [3.63, 3.8) is 0 Å². The third kappa shape index (κ3) is 12.7. The lowest BCUT2D eigenvalue weighted by Gasteiger charge is -2.07. The third-order valence-corrected chi connectivity index (χ3v) is 2.08. The fourth-order valence-electron chi connectivity index (χ4n) is 1.38. The molecule has 0 spiro atoms. The normalized spacial score (nSPS) is 11.8. The van der Waals surface area contributed by atoms with Crippen molar-refractivity contribution in [1.29, 1.82) is 0 Å². The van der Waals surface area contributed by atoms with Crippen LogP contribution in [0, 0.1) is 5.92 Å². The van der Waals surface area contributed by atoms with Crippen LogP contribution in [-0.2, 0) is 0 Å². The van der Waals surface area contributed by atoms with Crippen molar-refractivity contribution >= 4 is 0 Å². The van der Waals surface area contributed by atoms with Crippen LogP contribution in [0.15, 0.2) is 0 Å². The summed E-state index contributed by atoms with van der Waals surface area (Å²) in [6.45, 7) is 10.9. The molecule has 0 aromatic carbocycles. The summed E-state index contributed by atoms with van der Waals surface area (Å²) in [6, 6.07) is 0. The molecular weight excluding hydrogens is 144 g/mol. The number of hydrogen-bond donors (Lipinski definition) is 0. The molecule has 1 atom stereocenters. The molecule has 0 heterocycles. The van der Waals surface area contributed by atoms with E-state index < -0.39 is 0 Å². The highest BCUT2D eigenvalue weighted by molar-refractivity contribution is 4.51. The zero-order chi connectivity index (χ0) is 9.82. The van der Waals surface area contributed by atoms with Crippen LogP contribution in [-0.4, -0.2) is 0 Å². The van der Waals surface area contributed by atoms with Gasteiger partial charge >= 0.3 is 0 Å². The maximum atomic E-state index is 2.37. The molecule has 0 aliphatic rings. The van der Waals surface area contributed by atoms with Gasteiger partial charge in [-0.15, -0.1) is 0 Å². The summed E-state index contributed by atoms with van der Waals surface area (Å²) in [4.78, 5) is 0. The molecule has 0 heteroatoms. The maximum absolute atomic E-state index is 2.37. The summed E-state index contributed by atoms with van der Waals surface area (Å²) in [5.74, 6) is 0.969. The molecule has 0 amide bonds. The Kier molecular flexibility index (Phi) is 16.4. The molecule has 0 saturated heterocycles. The first-order valence-electron chi connectivity index (χ1n) is 5.81. The smallest absolute Gasteiger partial charge is 0.0443 e. The van der Waals surface area contributed by atoms with E-state index in [1.165, 1.54) is 38.5 Å². The third-order valence-electron chi connectivity index (χ3n) is 2.08. The van der Waals surface area contributed by atoms with E-state index in [0.717, 1.165) is 5.92 Å². The molecule has 76 valence electrons. The zero-order valence-electron chi connectivity index (χ0n) is 9.82. The van der Waals surface area contributed by atoms with Crippen LogP contribution in [0.1, 0.15) is 73.1 Å². The van der Waals surface area contributed by atoms with E-state index in [4.69, 9.17) is 0 Å². The standard InChI is InChI=1S/C10H22.C2H6/c1-4-6-7-9-10(3)8-5-2;1-2/h10H,4-9H2,1-3H3;1-2H3/t10-;/m1./s1. The average Bonchev–Trinajstić information content (AvgIpc) is 2.09. The summed E-state index contributed by atoms with van der Waals surface area (Å²) in [7, 11) is 0. The van der Waals surface area contributed by atoms with Crippen LogP contribution < -0.4 is 0 Å². The zero-order valence-corrected chi connectivity index (χ0v) is 9.82. The van der Waals surface area contributed by atoms with Crippen molar-refractivity contribution in [3.05, 3.63) is 0 Å². The van der Waals surface area contributed by atoms with Gasteiger partial charge in [-0.3, -0.25) is 0 Å². The van der Waals surface area contributed by atoms with Gasteiger partial charge in [0.15, 0.2) is 0 Å². The molecule has 0 saturated carbocycles. The fraction of sp³-hybridized carbons (Fsp3) is 1.00. The SMILES string of the molecule is CC.CCCCC[C@H](C)CCC. The van der Waals surface area contributed by atoms with Gasteiger partial charge in [0.05, 0.1) is 0 Å². The van der Waals surface area contributed by atoms with Crippen LogP contribution in [0.3, 0.4) is 0 Å². The first-order chi connectivity index (χ1) is 5.81. The Labute approximate surface area is 79.8 Å². The van der Waals surface area contributed by atoms with Gasteiger partial charge in [-0.2, -0.15) is 0 Å². The van der Waals surface area contributed by atoms with Crippen molar-refractivity contribution in [2.24, 2.45) is 5.92 Å². The Morgan fingerprint density at radius 1 is 0.833 bits per heavy atom. The lowest BCUT2D eigenvalue weighted by molar-refractivity contribution is 0.459. The predicted octanol–water partition coefficient (Wildman–Crippen LogP) is 5.03. The number of unbranched alkanes of at least 4 members (excludes halogenated alkanes) is 2. The van der Waals surface area contributed by atoms with Crippen molar-refractivity contribution < 1.29 is 0 Å². The van der Waals surface area contributed by atoms with E-state index in [1.54, 1.807) is 0 Å². The molecule has 0 aromatic heterocycles. The second-order valence-corrected chi connectivity index (χ2v) is 3.39. The molecule has 0 fully saturated rings. The van der Waals surface area contributed by atoms with Gasteiger partial charge in [-0.25, -0.2) is 0 Å². The number of rotatable bonds is 6. The molecule has 0 N–H and O–H groups in total. The lowest BCUT2D eigenvalue weighted by atomic mass is 9.99. The molecule has 0 aromatic rings. The Hall–Kier alpha value is 0. The molecule has 0 aliphatic carbocycles. The first-order valence-corrected chi connectivity index (χ1v) is 5.81. The largest absolute Gasteiger partial charge is 0.0683 e. The van der Waals surface area contributed by atoms with Gasteiger partial charge in [0.25, 0.3) is 0 Å². The van der Waals surface area contributed by atoms with Gasteiger partial charge < -0.3 is 0 Å². The topological polar surface area (TPSA) is 0 Å². The average molecular weight is 172 g/mol. The number of hydrogen-bond acceptors (Lipinski definition) is 0. The summed E-state index contributed by atoms with van der Waals surface area (Å²) in [6.07, 6.45) is 8.45. The molecule has 0 aliphatic heterocycles. The van der Waals surface area contributed by atoms with Gasteiger partial charge in [0, 0.05) is 0 Å². The highest BCUT2D eigenvalue weighted by atomic mass is 14.0. The Morgan fingerprint density at radius 3 is 1.83 bits per heavy atom. The molecule has 0 rings (SSSR count). The fourth-order valence-corrected chi connectivity index (χ4v) is 1.38. The second kappa shape index (κ2) is 13.6. The molecule has 12 heavy (non-hydrogen) atoms. The summed E-state index contributed by atoms with van der Waals surface area (Å²) >= 11 is 0. The Morgan fingerprint density at radius 2 is 1.42 bits per heavy atom. The summed E-state index contributed by atoms with van der Waals surface area (Å²) in [5, 5.41) is 0. The summed E-state index contributed by atoms with van der Waals surface area (Å²) in [5.41, 5.74) is 0. The van der Waals surface area contributed by atoms with E-state index in [-0.39, 0.29) is 0 Å². The minimum atomic E-state index is 0.969. The lowest BCUT2D eigenvalue weighted by Crippen LogP contribution is -1.92. The van der Waals surface area contributed by atoms with E-state index in [2.05, 4.69) is 20.8 Å². The van der Waals surface area contributed by atoms with E-state index in [9.17, 15) is 0 Å². The van der Waals surface area contributed by atoms with Crippen molar-refractivity contribution in [3.8, 4) is 0 Å². The van der Waals surface area contributed by atoms with Crippen LogP contribution in [0.2, 0.25) is 0 Å². The molecule has 0 nitrogen and oxygen atoms in total. The summed E-state index contributed by atoms with van der Waals surface area (Å²) < 4.78 is 0. The Bertz CT molecular complexity index is 57.1. The molecular formula is C12H28. The van der Waals surface area contributed by atoms with Crippen LogP contribution in [0.5, 0.6) is 0 Å². The first kappa shape index (κ1) is 14.5. The van der Waals surface area contributed by atoms with Gasteiger partial charge in [-0.05, 0) is 5.92 Å². The van der Waals surface area contributed by atoms with Crippen LogP contribution in [0.4, 0.5) is 0 Å². The molecule has 0 radical (unpaired) electrons. The van der Waals surface area contributed by atoms with Gasteiger partial charge in [-0.1, -0.05) is 73.1 Å². The highest BCUT2D eigenvalue weighted by Crippen LogP contribution is 2.13. The Balaban J connectivity index is 0. The monoisotopic (exact) mass is 172 g/mol. The van der Waals surface area contributed by atoms with Crippen LogP contribution in [0.25, 0.3) is 0 Å². The van der Waals surface area contributed by atoms with Crippen molar-refractivity contribution in [1.82, 2.24) is 0 Å². The molecule has 0 unspecified atom stereocenters. The van der Waals surface area contributed by atoms with Crippen LogP contribution >= 0.6 is 0 Å². The van der Waals surface area contributed by atoms with Crippen molar-refractivity contribution in [2.75, 3.05) is 0 Å². The predicted molar refractivity (Wildman–Crippen MR) is 59.6 cm³/mol. The van der Waals surface area contributed by atoms with E-state index in [0.29, 0.717) is 0 Å². The minimum absolute atomic E-state index is 0.969. The minimum Gasteiger partial charge on any atom is -0.0683 e. The van der Waals surface area contributed by atoms with Gasteiger partial charge in [0.2, 0.25) is 0 Å². The van der Waals surface area contributed by atoms with Gasteiger partial charge in [0.1, 0.15) is 0 Å². The molecule has 0 bridgehead atoms. The van der Waals surface area contributed by atoms with E-state index >= 15 is 0 Å². The van der Waals surface area contributed by atoms with Crippen molar-refractivity contribution in [2.45, 2.75) is 73.1 Å². The highest BCUT2D eigenvalue weighted by Gasteiger charge is 1.98. The quantitative estimate of drug-likeness (QED) is 0.493.